The average molecular weight is 598 g/mol. The minimum atomic E-state index is 0.0792. The van der Waals surface area contributed by atoms with Crippen LogP contribution in [0.15, 0.2) is 170 Å². The highest BCUT2D eigenvalue weighted by Crippen LogP contribution is 2.49. The molecule has 0 saturated carbocycles. The van der Waals surface area contributed by atoms with Crippen LogP contribution in [0, 0.1) is 0 Å². The van der Waals surface area contributed by atoms with Gasteiger partial charge in [-0.15, -0.1) is 0 Å². The molecule has 0 bridgehead atoms. The summed E-state index contributed by atoms with van der Waals surface area (Å²) in [6, 6.07) is 61.6. The zero-order valence-electron chi connectivity index (χ0n) is 25.6. The number of anilines is 3. The van der Waals surface area contributed by atoms with Crippen molar-refractivity contribution < 1.29 is 4.74 Å². The van der Waals surface area contributed by atoms with Crippen molar-refractivity contribution in [3.8, 4) is 33.8 Å². The van der Waals surface area contributed by atoms with Gasteiger partial charge in [0, 0.05) is 22.5 Å². The summed E-state index contributed by atoms with van der Waals surface area (Å²) in [7, 11) is 0. The van der Waals surface area contributed by atoms with Crippen molar-refractivity contribution in [3.63, 3.8) is 0 Å². The van der Waals surface area contributed by atoms with Crippen LogP contribution in [0.2, 0.25) is 0 Å². The topological polar surface area (TPSA) is 12.5 Å². The minimum Gasteiger partial charge on any atom is -0.458 e. The Balaban J connectivity index is 1.30. The lowest BCUT2D eigenvalue weighted by Crippen LogP contribution is -2.59. The van der Waals surface area contributed by atoms with E-state index in [1.54, 1.807) is 0 Å². The molecule has 0 N–H and O–H groups in total. The van der Waals surface area contributed by atoms with Crippen molar-refractivity contribution in [1.29, 1.82) is 0 Å². The molecule has 0 radical (unpaired) electrons. The van der Waals surface area contributed by atoms with Crippen molar-refractivity contribution >= 4 is 61.7 Å². The molecular weight excluding hydrogens is 569 g/mol. The quantitative estimate of drug-likeness (QED) is 0.188. The molecule has 0 fully saturated rings. The first-order valence-electron chi connectivity index (χ1n) is 16.2. The van der Waals surface area contributed by atoms with Crippen molar-refractivity contribution in [1.82, 2.24) is 0 Å². The number of hydrogen-bond donors (Lipinski definition) is 0. The highest BCUT2D eigenvalue weighted by atomic mass is 16.5. The van der Waals surface area contributed by atoms with Crippen molar-refractivity contribution in [2.24, 2.45) is 0 Å². The third kappa shape index (κ3) is 4.00. The zero-order chi connectivity index (χ0) is 30.9. The Bertz CT molecular complexity index is 2440. The molecule has 0 saturated heterocycles. The molecule has 8 aromatic rings. The molecule has 2 aliphatic heterocycles. The predicted molar refractivity (Wildman–Crippen MR) is 198 cm³/mol. The first-order chi connectivity index (χ1) is 23.3. The van der Waals surface area contributed by atoms with Crippen LogP contribution in [0.4, 0.5) is 17.1 Å². The first-order valence-corrected chi connectivity index (χ1v) is 16.2. The highest BCUT2D eigenvalue weighted by Gasteiger charge is 2.42. The molecule has 2 aliphatic rings. The number of benzene rings is 8. The van der Waals surface area contributed by atoms with Gasteiger partial charge in [-0.3, -0.25) is 0 Å². The van der Waals surface area contributed by atoms with Gasteiger partial charge in [0.1, 0.15) is 11.5 Å². The Kier molecular flexibility index (Phi) is 5.70. The van der Waals surface area contributed by atoms with Gasteiger partial charge in [0.05, 0.1) is 5.69 Å². The van der Waals surface area contributed by atoms with Gasteiger partial charge < -0.3 is 9.64 Å². The molecule has 218 valence electrons. The molecule has 2 heterocycles. The molecule has 3 heteroatoms. The maximum atomic E-state index is 6.62. The summed E-state index contributed by atoms with van der Waals surface area (Å²) in [5.74, 6) is 1.85. The van der Waals surface area contributed by atoms with E-state index in [-0.39, 0.29) is 6.71 Å². The Hall–Kier alpha value is -6.06. The second-order valence-corrected chi connectivity index (χ2v) is 12.5. The van der Waals surface area contributed by atoms with Gasteiger partial charge in [-0.2, -0.15) is 0 Å². The summed E-state index contributed by atoms with van der Waals surface area (Å²) >= 11 is 0. The standard InChI is InChI=1S/C44H28BNO/c1-3-13-31-27-33(25-23-29(31)11-1)35-15-9-16-36(34-26-24-30-12-2-4-14-32(30)28-34)44(35)46-39-19-7-5-17-37(39)45-38-18-6-8-21-41(38)47-42-22-10-20-40(46)43(42)45/h1-28H. The lowest BCUT2D eigenvalue weighted by molar-refractivity contribution is 0.487. The van der Waals surface area contributed by atoms with Crippen LogP contribution >= 0.6 is 0 Å². The van der Waals surface area contributed by atoms with Crippen LogP contribution in [0.5, 0.6) is 11.5 Å². The summed E-state index contributed by atoms with van der Waals surface area (Å²) in [4.78, 5) is 2.50. The predicted octanol–water partition coefficient (Wildman–Crippen LogP) is 9.73. The Labute approximate surface area is 274 Å². The number of ether oxygens (including phenoxy) is 1. The van der Waals surface area contributed by atoms with Crippen molar-refractivity contribution in [3.05, 3.63) is 170 Å². The summed E-state index contributed by atoms with van der Waals surface area (Å²) in [5, 5.41) is 4.94. The SMILES string of the molecule is c1ccc2c(c1)Oc1cccc3c1B2c1ccccc1N3c1c(-c2ccc3ccccc3c2)cccc1-c1ccc2ccccc2c1. The molecule has 10 rings (SSSR count). The van der Waals surface area contributed by atoms with E-state index in [4.69, 9.17) is 4.74 Å². The van der Waals surface area contributed by atoms with E-state index in [2.05, 4.69) is 175 Å². The number of hydrogen-bond acceptors (Lipinski definition) is 2. The van der Waals surface area contributed by atoms with E-state index >= 15 is 0 Å². The highest BCUT2D eigenvalue weighted by molar-refractivity contribution is 6.99. The van der Waals surface area contributed by atoms with Crippen LogP contribution in [0.25, 0.3) is 43.8 Å². The second-order valence-electron chi connectivity index (χ2n) is 12.5. The number of para-hydroxylation sites is 3. The van der Waals surface area contributed by atoms with E-state index in [9.17, 15) is 0 Å². The molecule has 0 aliphatic carbocycles. The van der Waals surface area contributed by atoms with Gasteiger partial charge in [-0.1, -0.05) is 133 Å². The second kappa shape index (κ2) is 10.2. The average Bonchev–Trinajstić information content (AvgIpc) is 3.14. The Morgan fingerprint density at radius 3 is 1.64 bits per heavy atom. The fraction of sp³-hybridized carbons (Fsp3) is 0. The van der Waals surface area contributed by atoms with E-state index in [0.29, 0.717) is 0 Å². The lowest BCUT2D eigenvalue weighted by atomic mass is 9.34. The fourth-order valence-electron chi connectivity index (χ4n) is 7.79. The molecule has 2 nitrogen and oxygen atoms in total. The molecule has 0 amide bonds. The molecule has 0 spiro atoms. The van der Waals surface area contributed by atoms with E-state index in [0.717, 1.165) is 22.9 Å². The van der Waals surface area contributed by atoms with E-state index in [1.807, 2.05) is 0 Å². The van der Waals surface area contributed by atoms with Crippen LogP contribution in [0.1, 0.15) is 0 Å². The summed E-state index contributed by atoms with van der Waals surface area (Å²) < 4.78 is 6.62. The maximum absolute atomic E-state index is 6.62. The molecule has 47 heavy (non-hydrogen) atoms. The lowest BCUT2D eigenvalue weighted by Gasteiger charge is -2.41. The van der Waals surface area contributed by atoms with Gasteiger partial charge >= 0.3 is 0 Å². The van der Waals surface area contributed by atoms with Crippen LogP contribution in [-0.2, 0) is 0 Å². The van der Waals surface area contributed by atoms with Gasteiger partial charge in [-0.05, 0) is 85.5 Å². The Morgan fingerprint density at radius 2 is 0.936 bits per heavy atom. The number of fused-ring (bicyclic) bond motifs is 6. The normalized spacial score (nSPS) is 12.8. The monoisotopic (exact) mass is 597 g/mol. The van der Waals surface area contributed by atoms with Gasteiger partial charge in [0.2, 0.25) is 0 Å². The fourth-order valence-corrected chi connectivity index (χ4v) is 7.79. The van der Waals surface area contributed by atoms with Crippen LogP contribution in [-0.4, -0.2) is 6.71 Å². The van der Waals surface area contributed by atoms with Crippen LogP contribution in [0.3, 0.4) is 0 Å². The third-order valence-corrected chi connectivity index (χ3v) is 9.89. The molecule has 8 aromatic carbocycles. The minimum absolute atomic E-state index is 0.0792. The van der Waals surface area contributed by atoms with Gasteiger partial charge in [-0.25, -0.2) is 0 Å². The van der Waals surface area contributed by atoms with E-state index < -0.39 is 0 Å². The molecule has 0 aromatic heterocycles. The van der Waals surface area contributed by atoms with Crippen molar-refractivity contribution in [2.45, 2.75) is 0 Å². The maximum Gasteiger partial charge on any atom is 0.256 e. The van der Waals surface area contributed by atoms with Gasteiger partial charge in [0.15, 0.2) is 0 Å². The van der Waals surface area contributed by atoms with E-state index in [1.165, 1.54) is 65.9 Å². The van der Waals surface area contributed by atoms with Crippen molar-refractivity contribution in [2.75, 3.05) is 4.90 Å². The third-order valence-electron chi connectivity index (χ3n) is 9.89. The molecule has 0 unspecified atom stereocenters. The summed E-state index contributed by atoms with van der Waals surface area (Å²) in [5.41, 5.74) is 11.9. The number of rotatable bonds is 3. The Morgan fingerprint density at radius 1 is 0.404 bits per heavy atom. The molecular formula is C44H28BNO. The molecule has 0 atom stereocenters. The number of nitrogens with zero attached hydrogens (tertiary/aromatic N) is 1. The largest absolute Gasteiger partial charge is 0.458 e. The summed E-state index contributed by atoms with van der Waals surface area (Å²) in [6.45, 7) is 0.0792. The zero-order valence-corrected chi connectivity index (χ0v) is 25.6. The van der Waals surface area contributed by atoms with Crippen LogP contribution < -0.4 is 26.0 Å². The first kappa shape index (κ1) is 26.2. The van der Waals surface area contributed by atoms with Gasteiger partial charge in [0.25, 0.3) is 6.71 Å². The smallest absolute Gasteiger partial charge is 0.256 e. The summed E-state index contributed by atoms with van der Waals surface area (Å²) in [6.07, 6.45) is 0.